The molecule has 1 rings (SSSR count). The summed E-state index contributed by atoms with van der Waals surface area (Å²) in [5.74, 6) is 0.402. The Morgan fingerprint density at radius 3 is 2.53 bits per heavy atom. The van der Waals surface area contributed by atoms with Gasteiger partial charge >= 0.3 is 6.18 Å². The molecule has 19 heavy (non-hydrogen) atoms. The molecule has 0 saturated carbocycles. The zero-order chi connectivity index (χ0) is 14.3. The van der Waals surface area contributed by atoms with Crippen molar-refractivity contribution in [1.29, 1.82) is 0 Å². The van der Waals surface area contributed by atoms with E-state index in [1.807, 2.05) is 0 Å². The molecule has 0 atom stereocenters. The van der Waals surface area contributed by atoms with Crippen LogP contribution in [0.5, 0.6) is 11.5 Å². The summed E-state index contributed by atoms with van der Waals surface area (Å²) in [4.78, 5) is 0. The second-order valence-corrected chi connectivity index (χ2v) is 4.07. The molecule has 1 aromatic carbocycles. The quantitative estimate of drug-likeness (QED) is 0.777. The van der Waals surface area contributed by atoms with Crippen molar-refractivity contribution in [3.05, 3.63) is 23.8 Å². The Balaban J connectivity index is 2.67. The van der Waals surface area contributed by atoms with E-state index < -0.39 is 12.8 Å². The van der Waals surface area contributed by atoms with Crippen LogP contribution in [0.1, 0.15) is 18.9 Å². The number of hydrogen-bond acceptors (Lipinski definition) is 3. The lowest BCUT2D eigenvalue weighted by Gasteiger charge is -2.13. The van der Waals surface area contributed by atoms with E-state index in [1.165, 1.54) is 13.2 Å². The van der Waals surface area contributed by atoms with Gasteiger partial charge in [0.05, 0.1) is 7.11 Å². The van der Waals surface area contributed by atoms with Gasteiger partial charge in [0.2, 0.25) is 0 Å². The van der Waals surface area contributed by atoms with Crippen LogP contribution in [0.2, 0.25) is 0 Å². The summed E-state index contributed by atoms with van der Waals surface area (Å²) in [6.45, 7) is 2.26. The van der Waals surface area contributed by atoms with Gasteiger partial charge in [-0.2, -0.15) is 13.2 Å². The summed E-state index contributed by atoms with van der Waals surface area (Å²) in [7, 11) is 1.40. The predicted octanol–water partition coefficient (Wildman–Crippen LogP) is 3.14. The van der Waals surface area contributed by atoms with Crippen molar-refractivity contribution in [3.63, 3.8) is 0 Å². The first kappa shape index (κ1) is 15.6. The van der Waals surface area contributed by atoms with Gasteiger partial charge in [0.25, 0.3) is 0 Å². The topological polar surface area (TPSA) is 30.5 Å². The molecule has 0 bridgehead atoms. The van der Waals surface area contributed by atoms with Crippen molar-refractivity contribution in [1.82, 2.24) is 5.32 Å². The molecule has 0 amide bonds. The first-order valence-corrected chi connectivity index (χ1v) is 6.03. The second kappa shape index (κ2) is 7.23. The summed E-state index contributed by atoms with van der Waals surface area (Å²) < 4.78 is 46.0. The molecule has 0 spiro atoms. The van der Waals surface area contributed by atoms with Gasteiger partial charge < -0.3 is 14.8 Å². The molecule has 0 fully saturated rings. The van der Waals surface area contributed by atoms with E-state index in [9.17, 15) is 13.2 Å². The monoisotopic (exact) mass is 277 g/mol. The average Bonchev–Trinajstić information content (AvgIpc) is 2.36. The van der Waals surface area contributed by atoms with E-state index in [1.54, 1.807) is 12.1 Å². The summed E-state index contributed by atoms with van der Waals surface area (Å²) in [6, 6.07) is 4.89. The molecule has 108 valence electrons. The lowest BCUT2D eigenvalue weighted by atomic mass is 10.2. The van der Waals surface area contributed by atoms with Crippen LogP contribution in [-0.2, 0) is 6.54 Å². The maximum Gasteiger partial charge on any atom is 0.422 e. The molecule has 0 aliphatic heterocycles. The minimum Gasteiger partial charge on any atom is -0.493 e. The fourth-order valence-electron chi connectivity index (χ4n) is 1.51. The number of benzene rings is 1. The van der Waals surface area contributed by atoms with Crippen LogP contribution in [0.4, 0.5) is 13.2 Å². The van der Waals surface area contributed by atoms with Crippen molar-refractivity contribution in [3.8, 4) is 11.5 Å². The molecule has 1 N–H and O–H groups in total. The summed E-state index contributed by atoms with van der Waals surface area (Å²) >= 11 is 0. The molecule has 0 saturated heterocycles. The standard InChI is InChI=1S/C13H18F3NO2/c1-3-6-17-8-10-4-5-11(12(7-10)18-2)19-9-13(14,15)16/h4-5,7,17H,3,6,8-9H2,1-2H3. The third-order valence-electron chi connectivity index (χ3n) is 2.38. The number of hydrogen-bond donors (Lipinski definition) is 1. The Kier molecular flexibility index (Phi) is 5.95. The number of ether oxygens (including phenoxy) is 2. The maximum absolute atomic E-state index is 12.1. The Morgan fingerprint density at radius 1 is 1.21 bits per heavy atom. The lowest BCUT2D eigenvalue weighted by Crippen LogP contribution is -2.19. The number of alkyl halides is 3. The second-order valence-electron chi connectivity index (χ2n) is 4.07. The number of methoxy groups -OCH3 is 1. The molecule has 0 aliphatic carbocycles. The average molecular weight is 277 g/mol. The Bertz CT molecular complexity index is 394. The first-order chi connectivity index (χ1) is 8.96. The molecule has 1 aromatic rings. The van der Waals surface area contributed by atoms with E-state index in [0.717, 1.165) is 18.5 Å². The molecule has 0 heterocycles. The lowest BCUT2D eigenvalue weighted by molar-refractivity contribution is -0.153. The number of halogens is 3. The molecule has 0 radical (unpaired) electrons. The van der Waals surface area contributed by atoms with E-state index in [0.29, 0.717) is 12.3 Å². The molecular formula is C13H18F3NO2. The normalized spacial score (nSPS) is 11.4. The molecule has 0 aromatic heterocycles. The number of nitrogens with one attached hydrogen (secondary N) is 1. The zero-order valence-electron chi connectivity index (χ0n) is 11.0. The third-order valence-corrected chi connectivity index (χ3v) is 2.38. The summed E-state index contributed by atoms with van der Waals surface area (Å²) in [6.07, 6.45) is -3.34. The Labute approximate surface area is 110 Å². The maximum atomic E-state index is 12.1. The van der Waals surface area contributed by atoms with Crippen LogP contribution < -0.4 is 14.8 Å². The van der Waals surface area contributed by atoms with Crippen molar-refractivity contribution in [2.45, 2.75) is 26.1 Å². The van der Waals surface area contributed by atoms with Gasteiger partial charge in [0.1, 0.15) is 0 Å². The van der Waals surface area contributed by atoms with Gasteiger partial charge in [-0.05, 0) is 30.7 Å². The molecule has 0 aliphatic rings. The van der Waals surface area contributed by atoms with E-state index in [2.05, 4.69) is 12.2 Å². The summed E-state index contributed by atoms with van der Waals surface area (Å²) in [5, 5.41) is 3.20. The van der Waals surface area contributed by atoms with Gasteiger partial charge in [-0.3, -0.25) is 0 Å². The highest BCUT2D eigenvalue weighted by Crippen LogP contribution is 2.29. The zero-order valence-corrected chi connectivity index (χ0v) is 11.0. The third kappa shape index (κ3) is 5.83. The van der Waals surface area contributed by atoms with Crippen LogP contribution in [0.15, 0.2) is 18.2 Å². The number of rotatable bonds is 7. The SMILES string of the molecule is CCCNCc1ccc(OCC(F)(F)F)c(OC)c1. The van der Waals surface area contributed by atoms with Crippen LogP contribution >= 0.6 is 0 Å². The highest BCUT2D eigenvalue weighted by Gasteiger charge is 2.28. The highest BCUT2D eigenvalue weighted by molar-refractivity contribution is 5.43. The van der Waals surface area contributed by atoms with Gasteiger partial charge in [0, 0.05) is 6.54 Å². The minimum absolute atomic E-state index is 0.0964. The highest BCUT2D eigenvalue weighted by atomic mass is 19.4. The van der Waals surface area contributed by atoms with E-state index in [4.69, 9.17) is 9.47 Å². The van der Waals surface area contributed by atoms with Gasteiger partial charge in [0.15, 0.2) is 18.1 Å². The van der Waals surface area contributed by atoms with Crippen molar-refractivity contribution < 1.29 is 22.6 Å². The Hall–Kier alpha value is -1.43. The van der Waals surface area contributed by atoms with Gasteiger partial charge in [-0.15, -0.1) is 0 Å². The predicted molar refractivity (Wildman–Crippen MR) is 66.5 cm³/mol. The Morgan fingerprint density at radius 2 is 1.95 bits per heavy atom. The smallest absolute Gasteiger partial charge is 0.422 e. The van der Waals surface area contributed by atoms with Gasteiger partial charge in [-0.25, -0.2) is 0 Å². The molecular weight excluding hydrogens is 259 g/mol. The van der Waals surface area contributed by atoms with Crippen molar-refractivity contribution in [2.75, 3.05) is 20.3 Å². The largest absolute Gasteiger partial charge is 0.493 e. The van der Waals surface area contributed by atoms with Crippen LogP contribution in [0.25, 0.3) is 0 Å². The molecule has 3 nitrogen and oxygen atoms in total. The fraction of sp³-hybridized carbons (Fsp3) is 0.538. The van der Waals surface area contributed by atoms with Gasteiger partial charge in [-0.1, -0.05) is 13.0 Å². The van der Waals surface area contributed by atoms with Crippen LogP contribution in [-0.4, -0.2) is 26.4 Å². The minimum atomic E-state index is -4.35. The van der Waals surface area contributed by atoms with Crippen LogP contribution in [0.3, 0.4) is 0 Å². The molecule has 0 unspecified atom stereocenters. The van der Waals surface area contributed by atoms with Crippen molar-refractivity contribution in [2.24, 2.45) is 0 Å². The van der Waals surface area contributed by atoms with E-state index in [-0.39, 0.29) is 5.75 Å². The van der Waals surface area contributed by atoms with Crippen LogP contribution in [0, 0.1) is 0 Å². The first-order valence-electron chi connectivity index (χ1n) is 6.03. The molecule has 6 heteroatoms. The van der Waals surface area contributed by atoms with E-state index >= 15 is 0 Å². The summed E-state index contributed by atoms with van der Waals surface area (Å²) in [5.41, 5.74) is 0.935. The fourth-order valence-corrected chi connectivity index (χ4v) is 1.51. The van der Waals surface area contributed by atoms with Crippen molar-refractivity contribution >= 4 is 0 Å².